The molecule has 10 heteroatoms. The SMILES string of the molecule is CCNC(=O)Nc1cc(Nc2cccnc2)c(C(=O)Nc2ccc(C(C)C(C)(C)C(=O)O)cc2)cn1. The molecule has 188 valence electrons. The van der Waals surface area contributed by atoms with Crippen molar-refractivity contribution < 1.29 is 19.5 Å². The number of carboxylic acid groups (broad SMARTS) is 1. The van der Waals surface area contributed by atoms with Gasteiger partial charge in [-0.1, -0.05) is 19.1 Å². The van der Waals surface area contributed by atoms with Crippen LogP contribution in [-0.2, 0) is 4.79 Å². The number of carboxylic acids is 1. The van der Waals surface area contributed by atoms with Gasteiger partial charge in [0.15, 0.2) is 0 Å². The molecule has 3 aromatic rings. The third kappa shape index (κ3) is 6.35. The topological polar surface area (TPSA) is 145 Å². The summed E-state index contributed by atoms with van der Waals surface area (Å²) in [7, 11) is 0. The summed E-state index contributed by atoms with van der Waals surface area (Å²) in [5.41, 5.74) is 1.79. The number of benzene rings is 1. The van der Waals surface area contributed by atoms with E-state index in [0.717, 1.165) is 5.56 Å². The number of carbonyl (C=O) groups excluding carboxylic acids is 2. The van der Waals surface area contributed by atoms with Crippen molar-refractivity contribution in [3.8, 4) is 0 Å². The molecule has 0 bridgehead atoms. The van der Waals surface area contributed by atoms with Crippen LogP contribution in [0.1, 0.15) is 49.5 Å². The Hall–Kier alpha value is -4.47. The fraction of sp³-hybridized carbons (Fsp3) is 0.269. The van der Waals surface area contributed by atoms with E-state index in [0.29, 0.717) is 23.6 Å². The maximum absolute atomic E-state index is 13.1. The number of carbonyl (C=O) groups is 3. The highest BCUT2D eigenvalue weighted by atomic mass is 16.4. The third-order valence-corrected chi connectivity index (χ3v) is 5.97. The Bertz CT molecular complexity index is 1230. The highest BCUT2D eigenvalue weighted by Crippen LogP contribution is 2.35. The molecular weight excluding hydrogens is 460 g/mol. The third-order valence-electron chi connectivity index (χ3n) is 5.97. The summed E-state index contributed by atoms with van der Waals surface area (Å²) < 4.78 is 0. The first kappa shape index (κ1) is 26.1. The molecule has 0 spiro atoms. The Balaban J connectivity index is 1.83. The Morgan fingerprint density at radius 1 is 1.03 bits per heavy atom. The Morgan fingerprint density at radius 2 is 1.75 bits per heavy atom. The van der Waals surface area contributed by atoms with Crippen LogP contribution < -0.4 is 21.3 Å². The van der Waals surface area contributed by atoms with Gasteiger partial charge < -0.3 is 21.1 Å². The zero-order chi connectivity index (χ0) is 26.3. The van der Waals surface area contributed by atoms with Crippen molar-refractivity contribution >= 4 is 40.8 Å². The molecular formula is C26H30N6O4. The second kappa shape index (κ2) is 11.3. The van der Waals surface area contributed by atoms with E-state index in [1.165, 1.54) is 6.20 Å². The van der Waals surface area contributed by atoms with Gasteiger partial charge in [0.05, 0.1) is 28.6 Å². The monoisotopic (exact) mass is 490 g/mol. The number of amides is 3. The van der Waals surface area contributed by atoms with Crippen LogP contribution in [-0.4, -0.2) is 39.5 Å². The molecule has 2 heterocycles. The van der Waals surface area contributed by atoms with Crippen molar-refractivity contribution in [1.29, 1.82) is 0 Å². The highest BCUT2D eigenvalue weighted by Gasteiger charge is 2.34. The first-order valence-corrected chi connectivity index (χ1v) is 11.5. The minimum absolute atomic E-state index is 0.232. The van der Waals surface area contributed by atoms with Gasteiger partial charge in [-0.3, -0.25) is 19.9 Å². The molecule has 0 aliphatic heterocycles. The van der Waals surface area contributed by atoms with E-state index in [9.17, 15) is 19.5 Å². The molecule has 1 unspecified atom stereocenters. The molecule has 0 aliphatic rings. The smallest absolute Gasteiger partial charge is 0.320 e. The zero-order valence-corrected chi connectivity index (χ0v) is 20.6. The van der Waals surface area contributed by atoms with Crippen molar-refractivity contribution in [2.75, 3.05) is 22.5 Å². The lowest BCUT2D eigenvalue weighted by atomic mass is 9.76. The first-order chi connectivity index (χ1) is 17.1. The molecule has 3 rings (SSSR count). The maximum atomic E-state index is 13.1. The summed E-state index contributed by atoms with van der Waals surface area (Å²) >= 11 is 0. The van der Waals surface area contributed by atoms with E-state index in [1.807, 2.05) is 6.92 Å². The first-order valence-electron chi connectivity index (χ1n) is 11.5. The largest absolute Gasteiger partial charge is 0.481 e. The number of hydrogen-bond donors (Lipinski definition) is 5. The van der Waals surface area contributed by atoms with Gasteiger partial charge in [0, 0.05) is 30.7 Å². The second-order valence-electron chi connectivity index (χ2n) is 8.79. The van der Waals surface area contributed by atoms with Crippen molar-refractivity contribution in [3.05, 3.63) is 72.2 Å². The Labute approximate surface area is 209 Å². The van der Waals surface area contributed by atoms with Crippen LogP contribution in [0.3, 0.4) is 0 Å². The van der Waals surface area contributed by atoms with Crippen molar-refractivity contribution in [2.45, 2.75) is 33.6 Å². The molecule has 1 aromatic carbocycles. The standard InChI is InChI=1S/C26H30N6O4/c1-5-28-25(36)32-22-13-21(30-19-7-6-12-27-14-19)20(15-29-22)23(33)31-18-10-8-17(9-11-18)16(2)26(3,4)24(34)35/h6-16H,5H2,1-4H3,(H,31,33)(H,34,35)(H3,28,29,30,32,36). The summed E-state index contributed by atoms with van der Waals surface area (Å²) in [5, 5.41) is 20.7. The van der Waals surface area contributed by atoms with Crippen molar-refractivity contribution in [2.24, 2.45) is 5.41 Å². The average molecular weight is 491 g/mol. The van der Waals surface area contributed by atoms with Gasteiger partial charge >= 0.3 is 12.0 Å². The van der Waals surface area contributed by atoms with E-state index >= 15 is 0 Å². The van der Waals surface area contributed by atoms with Crippen molar-refractivity contribution in [1.82, 2.24) is 15.3 Å². The summed E-state index contributed by atoms with van der Waals surface area (Å²) in [6.45, 7) is 7.49. The summed E-state index contributed by atoms with van der Waals surface area (Å²) in [6.07, 6.45) is 4.62. The number of nitrogens with zero attached hydrogens (tertiary/aromatic N) is 2. The lowest BCUT2D eigenvalue weighted by Crippen LogP contribution is -2.29. The molecule has 0 saturated heterocycles. The van der Waals surface area contributed by atoms with Gasteiger partial charge in [0.1, 0.15) is 5.82 Å². The normalized spacial score (nSPS) is 11.8. The fourth-order valence-electron chi connectivity index (χ4n) is 3.38. The molecule has 1 atom stereocenters. The van der Waals surface area contributed by atoms with Gasteiger partial charge in [0.2, 0.25) is 0 Å². The average Bonchev–Trinajstić information content (AvgIpc) is 2.85. The molecule has 36 heavy (non-hydrogen) atoms. The maximum Gasteiger partial charge on any atom is 0.320 e. The van der Waals surface area contributed by atoms with Crippen LogP contribution in [0.4, 0.5) is 27.7 Å². The van der Waals surface area contributed by atoms with Gasteiger partial charge in [-0.2, -0.15) is 0 Å². The Morgan fingerprint density at radius 3 is 2.36 bits per heavy atom. The molecule has 5 N–H and O–H groups in total. The second-order valence-corrected chi connectivity index (χ2v) is 8.79. The van der Waals surface area contributed by atoms with E-state index < -0.39 is 23.3 Å². The zero-order valence-electron chi connectivity index (χ0n) is 20.6. The number of aliphatic carboxylic acids is 1. The molecule has 10 nitrogen and oxygen atoms in total. The molecule has 0 fully saturated rings. The molecule has 2 aromatic heterocycles. The van der Waals surface area contributed by atoms with E-state index in [1.54, 1.807) is 75.6 Å². The van der Waals surface area contributed by atoms with Crippen LogP contribution in [0.5, 0.6) is 0 Å². The summed E-state index contributed by atoms with van der Waals surface area (Å²) in [5.74, 6) is -1.25. The van der Waals surface area contributed by atoms with Crippen molar-refractivity contribution in [3.63, 3.8) is 0 Å². The number of urea groups is 1. The predicted octanol–water partition coefficient (Wildman–Crippen LogP) is 4.83. The number of hydrogen-bond acceptors (Lipinski definition) is 6. The number of rotatable bonds is 9. The molecule has 0 radical (unpaired) electrons. The van der Waals surface area contributed by atoms with E-state index in [2.05, 4.69) is 31.2 Å². The lowest BCUT2D eigenvalue weighted by molar-refractivity contribution is -0.148. The minimum atomic E-state index is -0.937. The van der Waals surface area contributed by atoms with E-state index in [4.69, 9.17) is 0 Å². The number of nitrogens with one attached hydrogen (secondary N) is 4. The van der Waals surface area contributed by atoms with Gasteiger partial charge in [-0.25, -0.2) is 9.78 Å². The van der Waals surface area contributed by atoms with Gasteiger partial charge in [-0.15, -0.1) is 0 Å². The summed E-state index contributed by atoms with van der Waals surface area (Å²) in [4.78, 5) is 44.9. The molecule has 0 saturated carbocycles. The summed E-state index contributed by atoms with van der Waals surface area (Å²) in [6, 6.07) is 11.8. The number of anilines is 4. The lowest BCUT2D eigenvalue weighted by Gasteiger charge is -2.27. The van der Waals surface area contributed by atoms with Gasteiger partial charge in [-0.05, 0) is 56.5 Å². The fourth-order valence-corrected chi connectivity index (χ4v) is 3.38. The predicted molar refractivity (Wildman–Crippen MR) is 139 cm³/mol. The van der Waals surface area contributed by atoms with Crippen LogP contribution in [0, 0.1) is 5.41 Å². The van der Waals surface area contributed by atoms with Crippen LogP contribution >= 0.6 is 0 Å². The number of aromatic nitrogens is 2. The van der Waals surface area contributed by atoms with Gasteiger partial charge in [0.25, 0.3) is 5.91 Å². The quantitative estimate of drug-likeness (QED) is 0.289. The van der Waals surface area contributed by atoms with Crippen LogP contribution in [0.2, 0.25) is 0 Å². The van der Waals surface area contributed by atoms with Crippen LogP contribution in [0.25, 0.3) is 0 Å². The molecule has 3 amide bonds. The number of pyridine rings is 2. The minimum Gasteiger partial charge on any atom is -0.481 e. The van der Waals surface area contributed by atoms with Crippen LogP contribution in [0.15, 0.2) is 61.1 Å². The molecule has 0 aliphatic carbocycles. The highest BCUT2D eigenvalue weighted by molar-refractivity contribution is 6.08. The Kier molecular flexibility index (Phi) is 8.21. The van der Waals surface area contributed by atoms with E-state index in [-0.39, 0.29) is 17.3 Å².